The number of likely N-dealkylation sites (tertiary alicyclic amines) is 1. The van der Waals surface area contributed by atoms with Gasteiger partial charge in [-0.3, -0.25) is 4.79 Å². The van der Waals surface area contributed by atoms with Gasteiger partial charge in [-0.15, -0.1) is 0 Å². The van der Waals surface area contributed by atoms with E-state index in [1.54, 1.807) is 29.2 Å². The number of furan rings is 1. The van der Waals surface area contributed by atoms with Crippen molar-refractivity contribution in [3.8, 4) is 0 Å². The molecule has 25 heavy (non-hydrogen) atoms. The molecule has 1 aromatic heterocycles. The van der Waals surface area contributed by atoms with Crippen LogP contribution in [0.2, 0.25) is 10.0 Å². The summed E-state index contributed by atoms with van der Waals surface area (Å²) in [7, 11) is -3.31. The Kier molecular flexibility index (Phi) is 5.41. The van der Waals surface area contributed by atoms with Crippen molar-refractivity contribution in [2.75, 3.05) is 13.1 Å². The molecular weight excluding hydrogens is 385 g/mol. The van der Waals surface area contributed by atoms with Gasteiger partial charge in [0, 0.05) is 18.1 Å². The van der Waals surface area contributed by atoms with Crippen molar-refractivity contribution in [3.63, 3.8) is 0 Å². The zero-order chi connectivity index (χ0) is 18.0. The summed E-state index contributed by atoms with van der Waals surface area (Å²) >= 11 is 11.9. The van der Waals surface area contributed by atoms with Gasteiger partial charge < -0.3 is 9.32 Å². The number of rotatable bonds is 4. The summed E-state index contributed by atoms with van der Waals surface area (Å²) in [5.74, 6) is 0.122. The third-order valence-electron chi connectivity index (χ3n) is 4.32. The summed E-state index contributed by atoms with van der Waals surface area (Å²) in [6.45, 7) is 0.750. The lowest BCUT2D eigenvalue weighted by atomic mass is 10.1. The number of carbonyl (C=O) groups is 1. The molecule has 0 N–H and O–H groups in total. The molecule has 134 valence electrons. The minimum absolute atomic E-state index is 0.109. The van der Waals surface area contributed by atoms with E-state index in [9.17, 15) is 13.2 Å². The molecule has 0 aliphatic carbocycles. The van der Waals surface area contributed by atoms with E-state index in [1.165, 1.54) is 12.3 Å². The Morgan fingerprint density at radius 3 is 2.52 bits per heavy atom. The van der Waals surface area contributed by atoms with E-state index in [2.05, 4.69) is 0 Å². The Morgan fingerprint density at radius 1 is 1.20 bits per heavy atom. The lowest BCUT2D eigenvalue weighted by Gasteiger charge is -2.31. The highest BCUT2D eigenvalue weighted by atomic mass is 35.5. The van der Waals surface area contributed by atoms with Gasteiger partial charge in [-0.05, 0) is 43.2 Å². The molecule has 0 saturated carbocycles. The molecule has 2 heterocycles. The van der Waals surface area contributed by atoms with Crippen molar-refractivity contribution in [1.82, 2.24) is 4.90 Å². The SMILES string of the molecule is O=C(c1ccc(Cl)cc1Cl)N1CCC(S(=O)(=O)Cc2ccco2)CC1. The zero-order valence-electron chi connectivity index (χ0n) is 13.3. The minimum atomic E-state index is -3.31. The topological polar surface area (TPSA) is 67.6 Å². The Morgan fingerprint density at radius 2 is 1.92 bits per heavy atom. The van der Waals surface area contributed by atoms with Gasteiger partial charge in [-0.2, -0.15) is 0 Å². The van der Waals surface area contributed by atoms with Crippen LogP contribution in [0.1, 0.15) is 29.0 Å². The van der Waals surface area contributed by atoms with Crippen molar-refractivity contribution in [1.29, 1.82) is 0 Å². The number of sulfone groups is 1. The van der Waals surface area contributed by atoms with E-state index in [1.807, 2.05) is 0 Å². The van der Waals surface area contributed by atoms with Crippen LogP contribution in [0.25, 0.3) is 0 Å². The molecule has 1 amide bonds. The number of hydrogen-bond donors (Lipinski definition) is 0. The predicted octanol–water partition coefficient (Wildman–Crippen LogP) is 3.81. The van der Waals surface area contributed by atoms with Crippen LogP contribution in [-0.4, -0.2) is 37.6 Å². The summed E-state index contributed by atoms with van der Waals surface area (Å²) in [6, 6.07) is 8.05. The zero-order valence-corrected chi connectivity index (χ0v) is 15.6. The van der Waals surface area contributed by atoms with Gasteiger partial charge in [-0.1, -0.05) is 23.2 Å². The number of carbonyl (C=O) groups excluding carboxylic acids is 1. The number of halogens is 2. The quantitative estimate of drug-likeness (QED) is 0.780. The molecule has 1 aliphatic rings. The molecule has 1 saturated heterocycles. The Bertz CT molecular complexity index is 857. The van der Waals surface area contributed by atoms with E-state index in [4.69, 9.17) is 27.6 Å². The van der Waals surface area contributed by atoms with E-state index >= 15 is 0 Å². The molecule has 5 nitrogen and oxygen atoms in total. The summed E-state index contributed by atoms with van der Waals surface area (Å²) < 4.78 is 30.1. The van der Waals surface area contributed by atoms with E-state index in [0.717, 1.165) is 0 Å². The molecule has 0 spiro atoms. The number of nitrogens with zero attached hydrogens (tertiary/aromatic N) is 1. The van der Waals surface area contributed by atoms with Crippen molar-refractivity contribution < 1.29 is 17.6 Å². The van der Waals surface area contributed by atoms with Gasteiger partial charge in [0.15, 0.2) is 9.84 Å². The van der Waals surface area contributed by atoms with Crippen LogP contribution in [0.3, 0.4) is 0 Å². The van der Waals surface area contributed by atoms with Crippen molar-refractivity contribution in [2.24, 2.45) is 0 Å². The molecular formula is C17H17Cl2NO4S. The average Bonchev–Trinajstić information content (AvgIpc) is 3.07. The molecule has 0 atom stereocenters. The molecule has 3 rings (SSSR count). The predicted molar refractivity (Wildman–Crippen MR) is 96.7 cm³/mol. The first kappa shape index (κ1) is 18.3. The fourth-order valence-corrected chi connectivity index (χ4v) is 5.18. The second-order valence-corrected chi connectivity index (χ2v) is 9.13. The molecule has 0 unspecified atom stereocenters. The van der Waals surface area contributed by atoms with Crippen LogP contribution in [0.15, 0.2) is 41.0 Å². The highest BCUT2D eigenvalue weighted by Crippen LogP contribution is 2.26. The average molecular weight is 402 g/mol. The second kappa shape index (κ2) is 7.40. The van der Waals surface area contributed by atoms with Gasteiger partial charge in [0.1, 0.15) is 11.5 Å². The standard InChI is InChI=1S/C17H17Cl2NO4S/c18-12-3-4-15(16(19)10-12)17(21)20-7-5-14(6-8-20)25(22,23)11-13-2-1-9-24-13/h1-4,9-10,14H,5-8,11H2. The van der Waals surface area contributed by atoms with Crippen molar-refractivity contribution in [2.45, 2.75) is 23.8 Å². The minimum Gasteiger partial charge on any atom is -0.468 e. The van der Waals surface area contributed by atoms with Gasteiger partial charge in [0.2, 0.25) is 0 Å². The lowest BCUT2D eigenvalue weighted by molar-refractivity contribution is 0.0726. The largest absolute Gasteiger partial charge is 0.468 e. The van der Waals surface area contributed by atoms with Crippen molar-refractivity contribution in [3.05, 3.63) is 58.0 Å². The first-order chi connectivity index (χ1) is 11.9. The van der Waals surface area contributed by atoms with Gasteiger partial charge in [0.05, 0.1) is 22.1 Å². The fourth-order valence-electron chi connectivity index (χ4n) is 2.96. The van der Waals surface area contributed by atoms with Crippen LogP contribution in [0.5, 0.6) is 0 Å². The maximum atomic E-state index is 12.6. The monoisotopic (exact) mass is 401 g/mol. The van der Waals surface area contributed by atoms with Crippen LogP contribution < -0.4 is 0 Å². The van der Waals surface area contributed by atoms with Gasteiger partial charge in [-0.25, -0.2) is 8.42 Å². The first-order valence-corrected chi connectivity index (χ1v) is 10.3. The molecule has 1 aromatic carbocycles. The highest BCUT2D eigenvalue weighted by Gasteiger charge is 2.32. The number of benzene rings is 1. The summed E-state index contributed by atoms with van der Waals surface area (Å²) in [6.07, 6.45) is 2.27. The molecule has 8 heteroatoms. The van der Waals surface area contributed by atoms with Crippen LogP contribution in [0, 0.1) is 0 Å². The smallest absolute Gasteiger partial charge is 0.255 e. The molecule has 0 radical (unpaired) electrons. The maximum Gasteiger partial charge on any atom is 0.255 e. The fraction of sp³-hybridized carbons (Fsp3) is 0.353. The number of hydrogen-bond acceptors (Lipinski definition) is 4. The van der Waals surface area contributed by atoms with E-state index in [0.29, 0.717) is 47.3 Å². The molecule has 0 bridgehead atoms. The van der Waals surface area contributed by atoms with Crippen LogP contribution in [-0.2, 0) is 15.6 Å². The summed E-state index contributed by atoms with van der Waals surface area (Å²) in [5, 5.41) is 0.289. The second-order valence-electron chi connectivity index (χ2n) is 6.00. The first-order valence-electron chi connectivity index (χ1n) is 7.85. The van der Waals surface area contributed by atoms with E-state index in [-0.39, 0.29) is 11.7 Å². The highest BCUT2D eigenvalue weighted by molar-refractivity contribution is 7.91. The lowest BCUT2D eigenvalue weighted by Crippen LogP contribution is -2.42. The van der Waals surface area contributed by atoms with Gasteiger partial charge >= 0.3 is 0 Å². The van der Waals surface area contributed by atoms with Crippen LogP contribution in [0.4, 0.5) is 0 Å². The molecule has 1 fully saturated rings. The van der Waals surface area contributed by atoms with Crippen molar-refractivity contribution >= 4 is 38.9 Å². The van der Waals surface area contributed by atoms with E-state index < -0.39 is 15.1 Å². The summed E-state index contributed by atoms with van der Waals surface area (Å²) in [5.41, 5.74) is 0.378. The normalized spacial score (nSPS) is 16.2. The third kappa shape index (κ3) is 4.19. The number of amides is 1. The van der Waals surface area contributed by atoms with Crippen LogP contribution >= 0.6 is 23.2 Å². The Labute approximate surface area is 156 Å². The Balaban J connectivity index is 1.64. The molecule has 2 aromatic rings. The Hall–Kier alpha value is -1.50. The maximum absolute atomic E-state index is 12.6. The third-order valence-corrected chi connectivity index (χ3v) is 7.04. The summed E-state index contributed by atoms with van der Waals surface area (Å²) in [4.78, 5) is 14.2. The van der Waals surface area contributed by atoms with Gasteiger partial charge in [0.25, 0.3) is 5.91 Å². The molecule has 1 aliphatic heterocycles. The number of piperidine rings is 1.